The average Bonchev–Trinajstić information content (AvgIpc) is 3.26. The van der Waals surface area contributed by atoms with Crippen molar-refractivity contribution in [3.63, 3.8) is 0 Å². The van der Waals surface area contributed by atoms with Crippen LogP contribution in [-0.2, 0) is 4.79 Å². The van der Waals surface area contributed by atoms with Gasteiger partial charge in [0.1, 0.15) is 22.1 Å². The summed E-state index contributed by atoms with van der Waals surface area (Å²) >= 11 is 13.3. The number of rotatable bonds is 5. The zero-order valence-electron chi connectivity index (χ0n) is 20.9. The number of nitrogens with one attached hydrogen (secondary N) is 1. The average molecular weight is 626 g/mol. The van der Waals surface area contributed by atoms with E-state index in [1.54, 1.807) is 0 Å². The van der Waals surface area contributed by atoms with Gasteiger partial charge in [0.25, 0.3) is 17.2 Å². The topological polar surface area (TPSA) is 144 Å². The monoisotopic (exact) mass is 625 g/mol. The summed E-state index contributed by atoms with van der Waals surface area (Å²) in [5.74, 6) is -4.26. The zero-order chi connectivity index (χ0) is 30.3. The van der Waals surface area contributed by atoms with Crippen molar-refractivity contribution in [3.05, 3.63) is 129 Å². The fourth-order valence-electron chi connectivity index (χ4n) is 4.49. The number of allylic oxidation sites excluding steroid dienone is 1. The fourth-order valence-corrected chi connectivity index (χ4v) is 6.13. The van der Waals surface area contributed by atoms with E-state index >= 15 is 4.39 Å². The lowest BCUT2D eigenvalue weighted by molar-refractivity contribution is -0.384. The highest BCUT2D eigenvalue weighted by Gasteiger charge is 2.38. The van der Waals surface area contributed by atoms with Gasteiger partial charge in [-0.15, -0.1) is 11.3 Å². The number of nitrogens with zero attached hydrogens (tertiary/aromatic N) is 3. The molecule has 5 rings (SSSR count). The molecule has 14 heteroatoms. The van der Waals surface area contributed by atoms with E-state index in [0.29, 0.717) is 0 Å². The van der Waals surface area contributed by atoms with Gasteiger partial charge < -0.3 is 11.1 Å². The highest BCUT2D eigenvalue weighted by Crippen LogP contribution is 2.41. The molecule has 4 aromatic rings. The number of carbonyl (C=O) groups excluding carboxylic acids is 1. The Hall–Kier alpha value is -4.83. The van der Waals surface area contributed by atoms with Gasteiger partial charge in [-0.1, -0.05) is 35.3 Å². The molecule has 1 aliphatic rings. The minimum atomic E-state index is -1.45. The van der Waals surface area contributed by atoms with Gasteiger partial charge in [0, 0.05) is 34.0 Å². The van der Waals surface area contributed by atoms with Crippen LogP contribution in [0.25, 0.3) is 17.5 Å². The highest BCUT2D eigenvalue weighted by molar-refractivity contribution is 7.07. The molecule has 9 nitrogen and oxygen atoms in total. The van der Waals surface area contributed by atoms with Crippen molar-refractivity contribution in [3.8, 4) is 6.07 Å². The van der Waals surface area contributed by atoms with Crippen LogP contribution in [-0.4, -0.2) is 15.4 Å². The summed E-state index contributed by atoms with van der Waals surface area (Å²) in [6.45, 7) is 0. The Kier molecular flexibility index (Phi) is 7.66. The van der Waals surface area contributed by atoms with Crippen molar-refractivity contribution in [2.24, 2.45) is 5.73 Å². The van der Waals surface area contributed by atoms with E-state index in [2.05, 4.69) is 5.32 Å². The second kappa shape index (κ2) is 11.2. The van der Waals surface area contributed by atoms with Crippen LogP contribution in [0.5, 0.6) is 0 Å². The lowest BCUT2D eigenvalue weighted by Gasteiger charge is -2.26. The highest BCUT2D eigenvalue weighted by atomic mass is 35.5. The summed E-state index contributed by atoms with van der Waals surface area (Å²) in [5, 5.41) is 23.7. The molecule has 1 aliphatic heterocycles. The molecule has 0 bridgehead atoms. The normalized spacial score (nSPS) is 14.9. The molecule has 0 spiro atoms. The SMILES string of the molecule is N#CC1=C(N)n2c(s/c(=C\c3c(F)cccc3Cl)c2=O)=C(C(=O)Nc2ccc([N+](=O)[O-])cc2)C1c1c(F)cccc1Cl. The van der Waals surface area contributed by atoms with E-state index in [0.717, 1.165) is 40.2 Å². The Morgan fingerprint density at radius 3 is 2.33 bits per heavy atom. The quantitative estimate of drug-likeness (QED) is 0.247. The first-order valence-electron chi connectivity index (χ1n) is 11.8. The van der Waals surface area contributed by atoms with Crippen molar-refractivity contribution < 1.29 is 18.5 Å². The van der Waals surface area contributed by atoms with Crippen LogP contribution in [0.3, 0.4) is 0 Å². The molecule has 42 heavy (non-hydrogen) atoms. The van der Waals surface area contributed by atoms with E-state index in [1.807, 2.05) is 6.07 Å². The van der Waals surface area contributed by atoms with Crippen molar-refractivity contribution in [2.75, 3.05) is 5.32 Å². The molecule has 0 saturated heterocycles. The maximum atomic E-state index is 15.3. The van der Waals surface area contributed by atoms with Gasteiger partial charge in [-0.25, -0.2) is 8.78 Å². The Morgan fingerprint density at radius 2 is 1.74 bits per heavy atom. The zero-order valence-corrected chi connectivity index (χ0v) is 23.2. The standard InChI is InChI=1S/C28H15Cl2F2N5O4S/c29-17-3-1-5-19(31)15(17)11-21-27(39)36-25(34)16(12-33)22(23-18(30)4-2-6-20(23)32)24(28(36)42-21)26(38)35-13-7-9-14(10-8-13)37(40)41/h1-11,22H,34H2,(H,35,38)/b21-11-. The minimum Gasteiger partial charge on any atom is -0.384 e. The Balaban J connectivity index is 1.83. The number of anilines is 1. The summed E-state index contributed by atoms with van der Waals surface area (Å²) in [6, 6.07) is 14.5. The molecule has 1 aromatic heterocycles. The maximum Gasteiger partial charge on any atom is 0.274 e. The maximum absolute atomic E-state index is 15.3. The smallest absolute Gasteiger partial charge is 0.274 e. The molecule has 1 unspecified atom stereocenters. The van der Waals surface area contributed by atoms with Crippen molar-refractivity contribution in [1.29, 1.82) is 5.26 Å². The molecule has 0 fully saturated rings. The third kappa shape index (κ3) is 4.94. The third-order valence-corrected chi connectivity index (χ3v) is 8.18. The molecular formula is C28H15Cl2F2N5O4S. The van der Waals surface area contributed by atoms with Gasteiger partial charge in [-0.3, -0.25) is 24.3 Å². The minimum absolute atomic E-state index is 0.0168. The van der Waals surface area contributed by atoms with Crippen LogP contribution in [0.4, 0.5) is 20.2 Å². The molecule has 1 amide bonds. The summed E-state index contributed by atoms with van der Waals surface area (Å²) in [7, 11) is 0. The van der Waals surface area contributed by atoms with Crippen LogP contribution in [0.15, 0.2) is 71.0 Å². The van der Waals surface area contributed by atoms with E-state index in [4.69, 9.17) is 28.9 Å². The van der Waals surface area contributed by atoms with Gasteiger partial charge in [0.15, 0.2) is 0 Å². The summed E-state index contributed by atoms with van der Waals surface area (Å²) in [5.41, 5.74) is 4.50. The van der Waals surface area contributed by atoms with Gasteiger partial charge in [0.05, 0.1) is 37.6 Å². The molecule has 3 aromatic carbocycles. The molecule has 210 valence electrons. The number of thiazole rings is 1. The number of nitriles is 1. The summed E-state index contributed by atoms with van der Waals surface area (Å²) in [6.07, 6.45) is 1.19. The first-order chi connectivity index (χ1) is 20.0. The number of amides is 1. The van der Waals surface area contributed by atoms with Crippen molar-refractivity contribution in [2.45, 2.75) is 5.92 Å². The summed E-state index contributed by atoms with van der Waals surface area (Å²) < 4.78 is 30.6. The molecular weight excluding hydrogens is 611 g/mol. The number of nitro groups is 1. The van der Waals surface area contributed by atoms with Gasteiger partial charge >= 0.3 is 0 Å². The van der Waals surface area contributed by atoms with E-state index in [1.165, 1.54) is 42.5 Å². The Bertz CT molecular complexity index is 2030. The van der Waals surface area contributed by atoms with Crippen molar-refractivity contribution in [1.82, 2.24) is 4.57 Å². The number of benzene rings is 3. The second-order valence-corrected chi connectivity index (χ2v) is 10.7. The van der Waals surface area contributed by atoms with E-state index in [-0.39, 0.29) is 58.7 Å². The predicted molar refractivity (Wildman–Crippen MR) is 155 cm³/mol. The van der Waals surface area contributed by atoms with Crippen LogP contribution < -0.4 is 25.8 Å². The number of non-ortho nitro benzene ring substituents is 1. The molecule has 0 aliphatic carbocycles. The largest absolute Gasteiger partial charge is 0.384 e. The molecule has 2 heterocycles. The first kappa shape index (κ1) is 28.7. The predicted octanol–water partition coefficient (Wildman–Crippen LogP) is 4.47. The number of aromatic nitrogens is 1. The van der Waals surface area contributed by atoms with Crippen LogP contribution in [0, 0.1) is 33.1 Å². The number of hydrogen-bond acceptors (Lipinski definition) is 7. The number of nitrogens with two attached hydrogens (primary N) is 1. The van der Waals surface area contributed by atoms with Crippen LogP contribution in [0.1, 0.15) is 17.0 Å². The number of carbonyl (C=O) groups is 1. The van der Waals surface area contributed by atoms with E-state index < -0.39 is 33.9 Å². The third-order valence-electron chi connectivity index (χ3n) is 6.41. The van der Waals surface area contributed by atoms with Crippen LogP contribution >= 0.6 is 34.5 Å². The number of fused-ring (bicyclic) bond motifs is 1. The lowest BCUT2D eigenvalue weighted by atomic mass is 9.83. The van der Waals surface area contributed by atoms with Gasteiger partial charge in [-0.05, 0) is 42.5 Å². The number of hydrogen-bond donors (Lipinski definition) is 2. The van der Waals surface area contributed by atoms with E-state index in [9.17, 15) is 29.4 Å². The molecule has 1 atom stereocenters. The lowest BCUT2D eigenvalue weighted by Crippen LogP contribution is -2.41. The van der Waals surface area contributed by atoms with Crippen molar-refractivity contribution >= 4 is 69.3 Å². The van der Waals surface area contributed by atoms with Gasteiger partial charge in [0.2, 0.25) is 0 Å². The molecule has 3 N–H and O–H groups in total. The van der Waals surface area contributed by atoms with Gasteiger partial charge in [-0.2, -0.15) is 5.26 Å². The molecule has 0 radical (unpaired) electrons. The number of halogens is 4. The molecule has 0 saturated carbocycles. The fraction of sp³-hybridized carbons (Fsp3) is 0.0357. The summed E-state index contributed by atoms with van der Waals surface area (Å²) in [4.78, 5) is 37.9. The second-order valence-electron chi connectivity index (χ2n) is 8.84. The Labute approximate surface area is 248 Å². The number of nitro benzene ring substituents is 1. The Morgan fingerprint density at radius 1 is 1.10 bits per heavy atom. The first-order valence-corrected chi connectivity index (χ1v) is 13.4. The van der Waals surface area contributed by atoms with Crippen LogP contribution in [0.2, 0.25) is 10.0 Å².